The summed E-state index contributed by atoms with van der Waals surface area (Å²) >= 11 is 0. The van der Waals surface area contributed by atoms with Crippen LogP contribution in [0.1, 0.15) is 89.5 Å². The highest BCUT2D eigenvalue weighted by Crippen LogP contribution is 2.60. The average molecular weight is 948 g/mol. The maximum absolute atomic E-state index is 2.58. The largest absolute Gasteiger partial charge is 0.309 e. The van der Waals surface area contributed by atoms with Crippen LogP contribution in [-0.4, -0.2) is 0 Å². The lowest BCUT2D eigenvalue weighted by Crippen LogP contribution is -2.28. The summed E-state index contributed by atoms with van der Waals surface area (Å²) in [5.41, 5.74) is 23.4. The second kappa shape index (κ2) is 17.9. The van der Waals surface area contributed by atoms with E-state index in [9.17, 15) is 0 Å². The molecule has 354 valence electrons. The van der Waals surface area contributed by atoms with Crippen molar-refractivity contribution < 1.29 is 0 Å². The molecular weight excluding hydrogens is 891 g/mol. The fraction of sp³-hybridized carbons (Fsp3) is 0.123. The van der Waals surface area contributed by atoms with Crippen LogP contribution in [0.15, 0.2) is 261 Å². The van der Waals surface area contributed by atoms with E-state index >= 15 is 0 Å². The molecule has 1 atom stereocenters. The molecule has 1 nitrogen and oxygen atoms in total. The second-order valence-corrected chi connectivity index (χ2v) is 21.0. The molecule has 0 heterocycles. The summed E-state index contributed by atoms with van der Waals surface area (Å²) < 4.78 is 0. The van der Waals surface area contributed by atoms with E-state index in [4.69, 9.17) is 0 Å². The molecule has 3 aliphatic rings. The predicted molar refractivity (Wildman–Crippen MR) is 310 cm³/mol. The summed E-state index contributed by atoms with van der Waals surface area (Å²) in [6.45, 7) is 2.42. The third kappa shape index (κ3) is 6.69. The number of anilines is 3. The lowest BCUT2D eigenvalue weighted by molar-refractivity contribution is 0.445. The van der Waals surface area contributed by atoms with Crippen molar-refractivity contribution in [1.82, 2.24) is 0 Å². The van der Waals surface area contributed by atoms with Gasteiger partial charge in [-0.2, -0.15) is 0 Å². The predicted octanol–water partition coefficient (Wildman–Crippen LogP) is 19.4. The monoisotopic (exact) mass is 947 g/mol. The van der Waals surface area contributed by atoms with Gasteiger partial charge in [-0.15, -0.1) is 0 Å². The number of hydrogen-bond donors (Lipinski definition) is 0. The van der Waals surface area contributed by atoms with Crippen molar-refractivity contribution in [1.29, 1.82) is 0 Å². The number of nitrogens with zero attached hydrogens (tertiary/aromatic N) is 1. The average Bonchev–Trinajstić information content (AvgIpc) is 3.97. The fourth-order valence-electron chi connectivity index (χ4n) is 14.0. The molecule has 74 heavy (non-hydrogen) atoms. The molecule has 0 amide bonds. The van der Waals surface area contributed by atoms with Gasteiger partial charge in [-0.05, 0) is 139 Å². The van der Waals surface area contributed by atoms with Gasteiger partial charge in [-0.1, -0.05) is 256 Å². The lowest BCUT2D eigenvalue weighted by Gasteiger charge is -2.34. The molecule has 1 saturated carbocycles. The third-order valence-corrected chi connectivity index (χ3v) is 17.2. The van der Waals surface area contributed by atoms with Gasteiger partial charge in [0.25, 0.3) is 0 Å². The van der Waals surface area contributed by atoms with Crippen LogP contribution in [-0.2, 0) is 10.8 Å². The van der Waals surface area contributed by atoms with Crippen molar-refractivity contribution in [2.24, 2.45) is 0 Å². The number of fused-ring (bicyclic) bond motifs is 7. The Bertz CT molecular complexity index is 3840. The van der Waals surface area contributed by atoms with Crippen molar-refractivity contribution in [3.63, 3.8) is 0 Å². The molecule has 0 bridgehead atoms. The van der Waals surface area contributed by atoms with Crippen LogP contribution in [0.25, 0.3) is 55.3 Å². The molecule has 1 unspecified atom stereocenters. The van der Waals surface area contributed by atoms with Gasteiger partial charge >= 0.3 is 0 Å². The first-order valence-electron chi connectivity index (χ1n) is 26.8. The Morgan fingerprint density at radius 3 is 1.55 bits per heavy atom. The Morgan fingerprint density at radius 1 is 0.351 bits per heavy atom. The topological polar surface area (TPSA) is 3.24 Å². The molecule has 0 N–H and O–H groups in total. The minimum Gasteiger partial charge on any atom is -0.309 e. The highest BCUT2D eigenvalue weighted by Gasteiger charge is 2.47. The molecule has 0 spiro atoms. The van der Waals surface area contributed by atoms with Gasteiger partial charge in [0, 0.05) is 22.2 Å². The molecule has 0 radical (unpaired) electrons. The van der Waals surface area contributed by atoms with Crippen molar-refractivity contribution in [3.05, 3.63) is 305 Å². The molecule has 11 aromatic carbocycles. The number of rotatable bonds is 9. The van der Waals surface area contributed by atoms with Crippen LogP contribution in [0.5, 0.6) is 0 Å². The highest BCUT2D eigenvalue weighted by atomic mass is 15.1. The van der Waals surface area contributed by atoms with Crippen LogP contribution >= 0.6 is 0 Å². The lowest BCUT2D eigenvalue weighted by atomic mass is 9.67. The number of hydrogen-bond acceptors (Lipinski definition) is 1. The van der Waals surface area contributed by atoms with Crippen LogP contribution in [0.3, 0.4) is 0 Å². The van der Waals surface area contributed by atoms with E-state index in [0.717, 1.165) is 11.4 Å². The summed E-state index contributed by atoms with van der Waals surface area (Å²) in [6, 6.07) is 98.3. The van der Waals surface area contributed by atoms with Crippen molar-refractivity contribution in [2.75, 3.05) is 4.90 Å². The molecule has 1 heteroatoms. The van der Waals surface area contributed by atoms with E-state index in [1.165, 1.54) is 138 Å². The maximum atomic E-state index is 2.58. The molecular formula is C73H57N. The summed E-state index contributed by atoms with van der Waals surface area (Å²) in [5, 5.41) is 2.70. The minimum atomic E-state index is -0.471. The normalized spacial score (nSPS) is 16.3. The van der Waals surface area contributed by atoms with Crippen molar-refractivity contribution in [2.45, 2.75) is 55.8 Å². The van der Waals surface area contributed by atoms with E-state index in [0.29, 0.717) is 5.92 Å². The van der Waals surface area contributed by atoms with Crippen LogP contribution < -0.4 is 4.90 Å². The van der Waals surface area contributed by atoms with Crippen LogP contribution in [0, 0.1) is 0 Å². The molecule has 0 aromatic heterocycles. The van der Waals surface area contributed by atoms with Crippen molar-refractivity contribution >= 4 is 27.8 Å². The Balaban J connectivity index is 0.992. The van der Waals surface area contributed by atoms with Gasteiger partial charge in [0.15, 0.2) is 0 Å². The smallest absolute Gasteiger partial charge is 0.0713 e. The molecule has 14 rings (SSSR count). The fourth-order valence-corrected chi connectivity index (χ4v) is 14.0. The van der Waals surface area contributed by atoms with Gasteiger partial charge in [0.1, 0.15) is 0 Å². The molecule has 11 aromatic rings. The number of para-hydroxylation sites is 1. The second-order valence-electron chi connectivity index (χ2n) is 21.0. The Labute approximate surface area is 436 Å². The van der Waals surface area contributed by atoms with Gasteiger partial charge < -0.3 is 4.90 Å². The maximum Gasteiger partial charge on any atom is 0.0713 e. The molecule has 3 aliphatic carbocycles. The van der Waals surface area contributed by atoms with Gasteiger partial charge in [-0.25, -0.2) is 0 Å². The summed E-state index contributed by atoms with van der Waals surface area (Å²) in [5.74, 6) is 0.561. The van der Waals surface area contributed by atoms with E-state index in [1.807, 2.05) is 0 Å². The van der Waals surface area contributed by atoms with Gasteiger partial charge in [-0.3, -0.25) is 0 Å². The zero-order chi connectivity index (χ0) is 49.2. The first-order chi connectivity index (χ1) is 36.6. The zero-order valence-electron chi connectivity index (χ0n) is 41.9. The van der Waals surface area contributed by atoms with E-state index in [-0.39, 0.29) is 5.41 Å². The first-order valence-corrected chi connectivity index (χ1v) is 26.8. The van der Waals surface area contributed by atoms with E-state index < -0.39 is 5.41 Å². The van der Waals surface area contributed by atoms with Crippen LogP contribution in [0.4, 0.5) is 17.1 Å². The molecule has 1 fully saturated rings. The summed E-state index contributed by atoms with van der Waals surface area (Å²) in [4.78, 5) is 2.58. The zero-order valence-corrected chi connectivity index (χ0v) is 41.9. The van der Waals surface area contributed by atoms with Crippen molar-refractivity contribution in [3.8, 4) is 44.5 Å². The SMILES string of the molecule is CC1(c2ccccc2)c2ccccc2-c2c(N(c3ccc(-c4cccc5c4-c4ccccc4C5(c4ccccc4)c4ccccc4)cc3)c3ccccc3-c3cccc4cccc(C5CCCCC5)c34)cccc21. The quantitative estimate of drug-likeness (QED) is 0.139. The Hall–Kier alpha value is -8.52. The standard InChI is InChI=1S/C73H57N/c1-72(53-28-8-3-9-29-53)63-40-17-14-35-61(63)71-65(72)42-23-45-68(71)74(67-44-19-16-34-59(67)60-39-21-27-52-26-20-37-57(69(52)60)50-24-6-2-7-25-50)56-48-46-51(47-49-56)58-38-22-43-66-70(58)62-36-15-18-41-64(62)73(66,54-30-10-4-11-31-54)55-32-12-5-13-33-55/h3-5,8-23,26-50H,2,6-7,24-25H2,1H3. The summed E-state index contributed by atoms with van der Waals surface area (Å²) in [6.07, 6.45) is 6.43. The highest BCUT2D eigenvalue weighted by molar-refractivity contribution is 6.05. The first kappa shape index (κ1) is 44.2. The molecule has 0 saturated heterocycles. The molecule has 0 aliphatic heterocycles. The third-order valence-electron chi connectivity index (χ3n) is 17.2. The van der Waals surface area contributed by atoms with Crippen LogP contribution in [0.2, 0.25) is 0 Å². The Kier molecular flexibility index (Phi) is 10.7. The number of benzene rings is 11. The Morgan fingerprint density at radius 2 is 0.851 bits per heavy atom. The van der Waals surface area contributed by atoms with E-state index in [2.05, 4.69) is 273 Å². The van der Waals surface area contributed by atoms with E-state index in [1.54, 1.807) is 0 Å². The van der Waals surface area contributed by atoms with Gasteiger partial charge in [0.05, 0.1) is 16.8 Å². The minimum absolute atomic E-state index is 0.346. The van der Waals surface area contributed by atoms with Gasteiger partial charge in [0.2, 0.25) is 0 Å². The summed E-state index contributed by atoms with van der Waals surface area (Å²) in [7, 11) is 0.